The van der Waals surface area contributed by atoms with Crippen LogP contribution in [0.2, 0.25) is 0 Å². The van der Waals surface area contributed by atoms with E-state index in [0.717, 1.165) is 25.7 Å². The lowest BCUT2D eigenvalue weighted by atomic mass is 10.2. The van der Waals surface area contributed by atoms with Gasteiger partial charge in [-0.3, -0.25) is 4.79 Å². The van der Waals surface area contributed by atoms with Crippen LogP contribution in [0, 0.1) is 0 Å². The highest BCUT2D eigenvalue weighted by Gasteiger charge is 2.24. The molecule has 23 heavy (non-hydrogen) atoms. The second kappa shape index (κ2) is 6.89. The maximum absolute atomic E-state index is 12.2. The minimum Gasteiger partial charge on any atom is -0.486 e. The van der Waals surface area contributed by atoms with Gasteiger partial charge in [0.1, 0.15) is 13.2 Å². The van der Waals surface area contributed by atoms with Crippen LogP contribution in [0.25, 0.3) is 0 Å². The molecule has 1 aliphatic carbocycles. The van der Waals surface area contributed by atoms with Gasteiger partial charge in [-0.15, -0.1) is 0 Å². The first-order chi connectivity index (χ1) is 11.1. The van der Waals surface area contributed by atoms with E-state index in [-0.39, 0.29) is 11.9 Å². The molecule has 1 heterocycles. The van der Waals surface area contributed by atoms with Crippen molar-refractivity contribution in [2.45, 2.75) is 44.8 Å². The summed E-state index contributed by atoms with van der Waals surface area (Å²) in [6.07, 6.45) is 3.44. The molecule has 1 aromatic rings. The van der Waals surface area contributed by atoms with Gasteiger partial charge in [-0.05, 0) is 38.0 Å². The van der Waals surface area contributed by atoms with Crippen LogP contribution >= 0.6 is 0 Å². The molecule has 3 rings (SSSR count). The Morgan fingerprint density at radius 3 is 2.61 bits per heavy atom. The van der Waals surface area contributed by atoms with Crippen LogP contribution in [0.4, 0.5) is 0 Å². The number of nitrogens with one attached hydrogen (secondary N) is 1. The number of carbonyl (C=O) groups is 2. The molecule has 1 atom stereocenters. The summed E-state index contributed by atoms with van der Waals surface area (Å²) in [4.78, 5) is 24.2. The number of hydrogen-bond donors (Lipinski definition) is 1. The van der Waals surface area contributed by atoms with E-state index in [1.807, 2.05) is 0 Å². The predicted molar refractivity (Wildman–Crippen MR) is 82.7 cm³/mol. The third-order valence-corrected chi connectivity index (χ3v) is 4.13. The van der Waals surface area contributed by atoms with Crippen molar-refractivity contribution in [3.05, 3.63) is 23.8 Å². The first-order valence-corrected chi connectivity index (χ1v) is 8.04. The number of amides is 1. The highest BCUT2D eigenvalue weighted by molar-refractivity contribution is 5.92. The van der Waals surface area contributed by atoms with E-state index in [2.05, 4.69) is 5.32 Å². The molecule has 0 radical (unpaired) electrons. The van der Waals surface area contributed by atoms with Gasteiger partial charge in [0.2, 0.25) is 0 Å². The number of esters is 1. The molecule has 1 fully saturated rings. The SMILES string of the molecule is C[C@@H](OC(=O)c1ccc2c(c1)OCCO2)C(=O)NC1CCCC1. The predicted octanol–water partition coefficient (Wildman–Crippen LogP) is 2.06. The molecule has 1 amide bonds. The molecule has 0 unspecified atom stereocenters. The fourth-order valence-corrected chi connectivity index (χ4v) is 2.84. The van der Waals surface area contributed by atoms with Crippen molar-refractivity contribution in [1.29, 1.82) is 0 Å². The third-order valence-electron chi connectivity index (χ3n) is 4.13. The Morgan fingerprint density at radius 1 is 1.17 bits per heavy atom. The van der Waals surface area contributed by atoms with Gasteiger partial charge >= 0.3 is 5.97 Å². The molecule has 1 aromatic carbocycles. The van der Waals surface area contributed by atoms with E-state index < -0.39 is 12.1 Å². The average Bonchev–Trinajstić information content (AvgIpc) is 3.07. The van der Waals surface area contributed by atoms with Crippen LogP contribution in [-0.2, 0) is 9.53 Å². The summed E-state index contributed by atoms with van der Waals surface area (Å²) >= 11 is 0. The van der Waals surface area contributed by atoms with Crippen molar-refractivity contribution in [1.82, 2.24) is 5.32 Å². The van der Waals surface area contributed by atoms with E-state index >= 15 is 0 Å². The average molecular weight is 319 g/mol. The lowest BCUT2D eigenvalue weighted by Crippen LogP contribution is -2.40. The van der Waals surface area contributed by atoms with E-state index in [1.54, 1.807) is 25.1 Å². The largest absolute Gasteiger partial charge is 0.486 e. The van der Waals surface area contributed by atoms with E-state index in [4.69, 9.17) is 14.2 Å². The summed E-state index contributed by atoms with van der Waals surface area (Å²) in [6, 6.07) is 5.07. The summed E-state index contributed by atoms with van der Waals surface area (Å²) in [5.41, 5.74) is 0.342. The molecule has 6 nitrogen and oxygen atoms in total. The van der Waals surface area contributed by atoms with Crippen LogP contribution in [0.15, 0.2) is 18.2 Å². The Bertz CT molecular complexity index is 595. The zero-order chi connectivity index (χ0) is 16.2. The molecule has 1 saturated carbocycles. The Morgan fingerprint density at radius 2 is 1.87 bits per heavy atom. The quantitative estimate of drug-likeness (QED) is 0.860. The van der Waals surface area contributed by atoms with Crippen molar-refractivity contribution in [3.8, 4) is 11.5 Å². The van der Waals surface area contributed by atoms with Crippen LogP contribution in [0.3, 0.4) is 0 Å². The molecular weight excluding hydrogens is 298 g/mol. The minimum atomic E-state index is -0.823. The number of rotatable bonds is 4. The fraction of sp³-hybridized carbons (Fsp3) is 0.529. The van der Waals surface area contributed by atoms with Crippen molar-refractivity contribution in [2.75, 3.05) is 13.2 Å². The smallest absolute Gasteiger partial charge is 0.339 e. The molecule has 1 N–H and O–H groups in total. The third kappa shape index (κ3) is 3.75. The lowest BCUT2D eigenvalue weighted by molar-refractivity contribution is -0.129. The Labute approximate surface area is 135 Å². The van der Waals surface area contributed by atoms with Gasteiger partial charge in [-0.2, -0.15) is 0 Å². The van der Waals surface area contributed by atoms with Crippen molar-refractivity contribution in [2.24, 2.45) is 0 Å². The molecule has 0 saturated heterocycles. The number of hydrogen-bond acceptors (Lipinski definition) is 5. The number of ether oxygens (including phenoxy) is 3. The molecule has 1 aliphatic heterocycles. The van der Waals surface area contributed by atoms with Crippen LogP contribution in [-0.4, -0.2) is 37.2 Å². The lowest BCUT2D eigenvalue weighted by Gasteiger charge is -2.19. The molecule has 2 aliphatic rings. The Balaban J connectivity index is 1.58. The molecule has 0 aromatic heterocycles. The second-order valence-corrected chi connectivity index (χ2v) is 5.90. The first kappa shape index (κ1) is 15.6. The van der Waals surface area contributed by atoms with Crippen LogP contribution in [0.1, 0.15) is 43.0 Å². The molecule has 0 spiro atoms. The summed E-state index contributed by atoms with van der Waals surface area (Å²) < 4.78 is 16.1. The summed E-state index contributed by atoms with van der Waals surface area (Å²) in [6.45, 7) is 2.53. The zero-order valence-electron chi connectivity index (χ0n) is 13.2. The van der Waals surface area contributed by atoms with Gasteiger partial charge in [-0.25, -0.2) is 4.79 Å². The first-order valence-electron chi connectivity index (χ1n) is 8.04. The minimum absolute atomic E-state index is 0.206. The van der Waals surface area contributed by atoms with E-state index in [0.29, 0.717) is 30.3 Å². The maximum Gasteiger partial charge on any atom is 0.339 e. The standard InChI is InChI=1S/C17H21NO5/c1-11(16(19)18-13-4-2-3-5-13)23-17(20)12-6-7-14-15(10-12)22-9-8-21-14/h6-7,10-11,13H,2-5,8-9H2,1H3,(H,18,19)/t11-/m1/s1. The molecular formula is C17H21NO5. The highest BCUT2D eigenvalue weighted by Crippen LogP contribution is 2.31. The van der Waals surface area contributed by atoms with Crippen LogP contribution < -0.4 is 14.8 Å². The Kier molecular flexibility index (Phi) is 4.69. The van der Waals surface area contributed by atoms with Crippen molar-refractivity contribution in [3.63, 3.8) is 0 Å². The number of carbonyl (C=O) groups excluding carboxylic acids is 2. The summed E-state index contributed by atoms with van der Waals surface area (Å²) in [5, 5.41) is 2.92. The number of fused-ring (bicyclic) bond motifs is 1. The van der Waals surface area contributed by atoms with Crippen molar-refractivity contribution >= 4 is 11.9 Å². The topological polar surface area (TPSA) is 73.9 Å². The zero-order valence-corrected chi connectivity index (χ0v) is 13.2. The monoisotopic (exact) mass is 319 g/mol. The van der Waals surface area contributed by atoms with Crippen LogP contribution in [0.5, 0.6) is 11.5 Å². The fourth-order valence-electron chi connectivity index (χ4n) is 2.84. The van der Waals surface area contributed by atoms with E-state index in [9.17, 15) is 9.59 Å². The van der Waals surface area contributed by atoms with Gasteiger partial charge in [-0.1, -0.05) is 12.8 Å². The van der Waals surface area contributed by atoms with Crippen molar-refractivity contribution < 1.29 is 23.8 Å². The molecule has 6 heteroatoms. The maximum atomic E-state index is 12.2. The van der Waals surface area contributed by atoms with E-state index in [1.165, 1.54) is 0 Å². The van der Waals surface area contributed by atoms with Gasteiger partial charge < -0.3 is 19.5 Å². The molecule has 0 bridgehead atoms. The summed E-state index contributed by atoms with van der Waals surface area (Å²) in [7, 11) is 0. The number of benzene rings is 1. The highest BCUT2D eigenvalue weighted by atomic mass is 16.6. The van der Waals surface area contributed by atoms with Gasteiger partial charge in [0, 0.05) is 6.04 Å². The normalized spacial score (nSPS) is 18.3. The second-order valence-electron chi connectivity index (χ2n) is 5.90. The van der Waals surface area contributed by atoms with Gasteiger partial charge in [0.15, 0.2) is 17.6 Å². The van der Waals surface area contributed by atoms with Gasteiger partial charge in [0.05, 0.1) is 5.56 Å². The van der Waals surface area contributed by atoms with Gasteiger partial charge in [0.25, 0.3) is 5.91 Å². The Hall–Kier alpha value is -2.24. The summed E-state index contributed by atoms with van der Waals surface area (Å²) in [5.74, 6) is 0.340. The molecule has 124 valence electrons.